The number of halogens is 3. The standard InChI is InChI=1S/C32H35F3N8O4S/c1-19(2)37-31(46)43-48(4,47)26-10-6-9-25(16-26)39-29-36-17-27(28(42-29)38-20(3)18-44)21-11-13-23(14-12-21)40-30(45)41-24-8-5-7-22(15-24)32(33,34)35/h5-17,19-20,44H,18H2,1-4H3,(H,37,46)(H2,40,41,45)(H2,36,38,39,42)/t20-,48-/m1/s1. The highest BCUT2D eigenvalue weighted by molar-refractivity contribution is 7.93. The normalized spacial score (nSPS) is 13.2. The molecule has 254 valence electrons. The third kappa shape index (κ3) is 9.89. The number of rotatable bonds is 10. The molecule has 12 nitrogen and oxygen atoms in total. The molecule has 4 aromatic rings. The van der Waals surface area contributed by atoms with Crippen LogP contribution < -0.4 is 26.6 Å². The molecule has 6 N–H and O–H groups in total. The van der Waals surface area contributed by atoms with Crippen molar-refractivity contribution in [3.8, 4) is 11.1 Å². The van der Waals surface area contributed by atoms with Gasteiger partial charge < -0.3 is 31.7 Å². The Labute approximate surface area is 275 Å². The number of hydrogen-bond donors (Lipinski definition) is 6. The number of aliphatic hydroxyl groups is 1. The summed E-state index contributed by atoms with van der Waals surface area (Å²) in [5.41, 5.74) is 1.20. The van der Waals surface area contributed by atoms with E-state index in [1.807, 2.05) is 0 Å². The number of benzene rings is 3. The average Bonchev–Trinajstić information content (AvgIpc) is 3.01. The van der Waals surface area contributed by atoms with Crippen LogP contribution in [0.5, 0.6) is 0 Å². The Balaban J connectivity index is 1.52. The maximum absolute atomic E-state index is 13.2. The minimum atomic E-state index is -4.54. The number of nitrogens with one attached hydrogen (secondary N) is 5. The van der Waals surface area contributed by atoms with Gasteiger partial charge in [0.25, 0.3) is 0 Å². The molecule has 0 aliphatic rings. The molecular weight excluding hydrogens is 649 g/mol. The predicted octanol–water partition coefficient (Wildman–Crippen LogP) is 6.92. The van der Waals surface area contributed by atoms with E-state index < -0.39 is 33.5 Å². The molecule has 0 aliphatic heterocycles. The van der Waals surface area contributed by atoms with Crippen molar-refractivity contribution in [3.63, 3.8) is 0 Å². The van der Waals surface area contributed by atoms with Crippen LogP contribution in [0.15, 0.2) is 88.3 Å². The minimum absolute atomic E-state index is 0.0161. The molecule has 0 aliphatic carbocycles. The van der Waals surface area contributed by atoms with Gasteiger partial charge in [-0.3, -0.25) is 0 Å². The number of carbonyl (C=O) groups excluding carboxylic acids is 2. The summed E-state index contributed by atoms with van der Waals surface area (Å²) in [5.74, 6) is 0.568. The van der Waals surface area contributed by atoms with Crippen molar-refractivity contribution >= 4 is 50.6 Å². The third-order valence-corrected chi connectivity index (χ3v) is 8.19. The van der Waals surface area contributed by atoms with Crippen LogP contribution in [-0.2, 0) is 15.9 Å². The monoisotopic (exact) mass is 684 g/mol. The summed E-state index contributed by atoms with van der Waals surface area (Å²) in [5, 5.41) is 23.4. The van der Waals surface area contributed by atoms with Gasteiger partial charge in [-0.15, -0.1) is 4.36 Å². The molecule has 0 fully saturated rings. The van der Waals surface area contributed by atoms with Crippen LogP contribution in [0, 0.1) is 0 Å². The summed E-state index contributed by atoms with van der Waals surface area (Å²) in [6.45, 7) is 5.12. The summed E-state index contributed by atoms with van der Waals surface area (Å²) >= 11 is 0. The predicted molar refractivity (Wildman–Crippen MR) is 180 cm³/mol. The lowest BCUT2D eigenvalue weighted by Gasteiger charge is -2.17. The Bertz CT molecular complexity index is 1900. The largest absolute Gasteiger partial charge is 0.416 e. The van der Waals surface area contributed by atoms with E-state index in [4.69, 9.17) is 0 Å². The van der Waals surface area contributed by atoms with Gasteiger partial charge in [-0.05, 0) is 74.9 Å². The molecule has 2 atom stereocenters. The first-order chi connectivity index (χ1) is 22.6. The van der Waals surface area contributed by atoms with E-state index >= 15 is 0 Å². The molecule has 16 heteroatoms. The smallest absolute Gasteiger partial charge is 0.394 e. The highest BCUT2D eigenvalue weighted by Crippen LogP contribution is 2.31. The van der Waals surface area contributed by atoms with E-state index in [1.54, 1.807) is 75.5 Å². The summed E-state index contributed by atoms with van der Waals surface area (Å²) < 4.78 is 56.1. The summed E-state index contributed by atoms with van der Waals surface area (Å²) in [6, 6.07) is 15.5. The van der Waals surface area contributed by atoms with Gasteiger partial charge in [0.05, 0.1) is 21.9 Å². The lowest BCUT2D eigenvalue weighted by atomic mass is 10.1. The van der Waals surface area contributed by atoms with Gasteiger partial charge in [-0.2, -0.15) is 18.2 Å². The van der Waals surface area contributed by atoms with E-state index in [-0.39, 0.29) is 30.3 Å². The van der Waals surface area contributed by atoms with Gasteiger partial charge in [-0.1, -0.05) is 24.3 Å². The Hall–Kier alpha value is -5.22. The molecule has 3 aromatic carbocycles. The van der Waals surface area contributed by atoms with E-state index in [0.717, 1.165) is 12.1 Å². The van der Waals surface area contributed by atoms with Crippen molar-refractivity contribution in [2.75, 3.05) is 34.1 Å². The van der Waals surface area contributed by atoms with Crippen LogP contribution in [0.25, 0.3) is 11.1 Å². The van der Waals surface area contributed by atoms with Gasteiger partial charge in [0.1, 0.15) is 5.82 Å². The quantitative estimate of drug-likeness (QED) is 0.105. The molecular formula is C32H35F3N8O4S. The first-order valence-corrected chi connectivity index (χ1v) is 16.5. The highest BCUT2D eigenvalue weighted by Gasteiger charge is 2.30. The zero-order chi connectivity index (χ0) is 35.1. The van der Waals surface area contributed by atoms with E-state index in [1.165, 1.54) is 18.4 Å². The zero-order valence-electron chi connectivity index (χ0n) is 26.4. The molecule has 0 saturated heterocycles. The van der Waals surface area contributed by atoms with Crippen molar-refractivity contribution in [3.05, 3.63) is 84.6 Å². The van der Waals surface area contributed by atoms with Gasteiger partial charge in [-0.25, -0.2) is 18.8 Å². The Morgan fingerprint density at radius 3 is 2.27 bits per heavy atom. The fraction of sp³-hybridized carbons (Fsp3) is 0.250. The lowest BCUT2D eigenvalue weighted by Crippen LogP contribution is -2.28. The SMILES string of the molecule is CC(C)NC(=O)N=[S@](C)(=O)c1cccc(Nc2ncc(-c3ccc(NC(=O)Nc4cccc(C(F)(F)F)c4)cc3)c(N[C@H](C)CO)n2)c1. The van der Waals surface area contributed by atoms with Gasteiger partial charge in [0, 0.05) is 52.1 Å². The third-order valence-electron chi connectivity index (χ3n) is 6.54. The molecule has 4 rings (SSSR count). The first kappa shape index (κ1) is 35.6. The van der Waals surface area contributed by atoms with Crippen molar-refractivity contribution in [2.45, 2.75) is 43.9 Å². The number of alkyl halides is 3. The Morgan fingerprint density at radius 1 is 0.938 bits per heavy atom. The molecule has 1 heterocycles. The minimum Gasteiger partial charge on any atom is -0.394 e. The molecule has 0 spiro atoms. The van der Waals surface area contributed by atoms with E-state index in [2.05, 4.69) is 40.9 Å². The number of urea groups is 2. The first-order valence-electron chi connectivity index (χ1n) is 14.6. The second-order valence-corrected chi connectivity index (χ2v) is 13.3. The van der Waals surface area contributed by atoms with Crippen LogP contribution >= 0.6 is 0 Å². The fourth-order valence-corrected chi connectivity index (χ4v) is 5.42. The lowest BCUT2D eigenvalue weighted by molar-refractivity contribution is -0.137. The van der Waals surface area contributed by atoms with Crippen LogP contribution in [0.1, 0.15) is 26.3 Å². The highest BCUT2D eigenvalue weighted by atomic mass is 32.2. The number of nitrogens with zero attached hydrogens (tertiary/aromatic N) is 3. The Morgan fingerprint density at radius 2 is 1.60 bits per heavy atom. The second-order valence-electron chi connectivity index (χ2n) is 11.1. The molecule has 48 heavy (non-hydrogen) atoms. The molecule has 0 saturated carbocycles. The van der Waals surface area contributed by atoms with Crippen molar-refractivity contribution in [1.82, 2.24) is 15.3 Å². The number of aromatic nitrogens is 2. The van der Waals surface area contributed by atoms with Crippen LogP contribution in [-0.4, -0.2) is 56.3 Å². The molecule has 0 radical (unpaired) electrons. The molecule has 1 aromatic heterocycles. The number of aliphatic hydroxyl groups excluding tert-OH is 1. The number of hydrogen-bond acceptors (Lipinski definition) is 8. The van der Waals surface area contributed by atoms with Crippen molar-refractivity contribution in [2.24, 2.45) is 4.36 Å². The molecule has 4 amide bonds. The topological polar surface area (TPSA) is 170 Å². The Kier molecular flexibility index (Phi) is 11.2. The fourth-order valence-electron chi connectivity index (χ4n) is 4.26. The summed E-state index contributed by atoms with van der Waals surface area (Å²) in [6.07, 6.45) is -1.61. The van der Waals surface area contributed by atoms with Gasteiger partial charge >= 0.3 is 18.2 Å². The number of anilines is 5. The van der Waals surface area contributed by atoms with Crippen molar-refractivity contribution in [1.29, 1.82) is 0 Å². The second kappa shape index (κ2) is 15.1. The van der Waals surface area contributed by atoms with Crippen LogP contribution in [0.2, 0.25) is 0 Å². The van der Waals surface area contributed by atoms with Gasteiger partial charge in [0.2, 0.25) is 5.95 Å². The van der Waals surface area contributed by atoms with E-state index in [0.29, 0.717) is 33.2 Å². The zero-order valence-corrected chi connectivity index (χ0v) is 27.2. The van der Waals surface area contributed by atoms with Gasteiger partial charge in [0.15, 0.2) is 0 Å². The van der Waals surface area contributed by atoms with Crippen molar-refractivity contribution < 1.29 is 32.1 Å². The molecule has 0 unspecified atom stereocenters. The summed E-state index contributed by atoms with van der Waals surface area (Å²) in [4.78, 5) is 33.9. The maximum Gasteiger partial charge on any atom is 0.416 e. The average molecular weight is 685 g/mol. The van der Waals surface area contributed by atoms with Crippen LogP contribution in [0.3, 0.4) is 0 Å². The molecule has 0 bridgehead atoms. The van der Waals surface area contributed by atoms with E-state index in [9.17, 15) is 32.1 Å². The summed E-state index contributed by atoms with van der Waals surface area (Å²) in [7, 11) is -3.05. The number of amides is 4. The maximum atomic E-state index is 13.2. The number of carbonyl (C=O) groups is 2. The van der Waals surface area contributed by atoms with Crippen LogP contribution in [0.4, 0.5) is 51.6 Å².